The van der Waals surface area contributed by atoms with E-state index in [9.17, 15) is 14.9 Å². The van der Waals surface area contributed by atoms with Crippen molar-refractivity contribution in [1.82, 2.24) is 5.43 Å². The third-order valence-electron chi connectivity index (χ3n) is 2.11. The van der Waals surface area contributed by atoms with Gasteiger partial charge in [0, 0.05) is 0 Å². The van der Waals surface area contributed by atoms with Crippen molar-refractivity contribution in [3.05, 3.63) is 51.7 Å². The topological polar surface area (TPSA) is 111 Å². The molecule has 98 valence electrons. The van der Waals surface area contributed by atoms with Gasteiger partial charge in [0.05, 0.1) is 12.3 Å². The lowest BCUT2D eigenvalue weighted by Gasteiger charge is -1.93. The standard InChI is InChI=1S/C11H9N3O5/c1-7-2-4-9(18-7)11(15)13-12-6-8-3-5-10(19-8)14(16)17/h2-6H,1H3,(H,13,15)/b12-6-. The first-order chi connectivity index (χ1) is 9.06. The van der Waals surface area contributed by atoms with Crippen LogP contribution in [0.4, 0.5) is 5.88 Å². The molecule has 0 aliphatic rings. The summed E-state index contributed by atoms with van der Waals surface area (Å²) in [5.41, 5.74) is 2.21. The lowest BCUT2D eigenvalue weighted by Crippen LogP contribution is -2.16. The van der Waals surface area contributed by atoms with Crippen LogP contribution in [-0.2, 0) is 0 Å². The predicted octanol–water partition coefficient (Wildman–Crippen LogP) is 1.85. The van der Waals surface area contributed by atoms with E-state index in [1.54, 1.807) is 13.0 Å². The van der Waals surface area contributed by atoms with Crippen molar-refractivity contribution in [3.63, 3.8) is 0 Å². The summed E-state index contributed by atoms with van der Waals surface area (Å²) in [6.07, 6.45) is 1.15. The zero-order chi connectivity index (χ0) is 13.8. The van der Waals surface area contributed by atoms with Gasteiger partial charge in [-0.1, -0.05) is 0 Å². The number of carbonyl (C=O) groups excluding carboxylic acids is 1. The van der Waals surface area contributed by atoms with E-state index in [4.69, 9.17) is 8.83 Å². The minimum absolute atomic E-state index is 0.125. The highest BCUT2D eigenvalue weighted by atomic mass is 16.6. The normalized spacial score (nSPS) is 10.8. The van der Waals surface area contributed by atoms with Crippen LogP contribution < -0.4 is 5.43 Å². The molecule has 0 fully saturated rings. The maximum absolute atomic E-state index is 11.5. The van der Waals surface area contributed by atoms with Crippen LogP contribution in [-0.4, -0.2) is 17.0 Å². The average molecular weight is 263 g/mol. The summed E-state index contributed by atoms with van der Waals surface area (Å²) >= 11 is 0. The Morgan fingerprint density at radius 1 is 1.37 bits per heavy atom. The van der Waals surface area contributed by atoms with Crippen LogP contribution in [0.1, 0.15) is 22.1 Å². The molecule has 2 aromatic heterocycles. The summed E-state index contributed by atoms with van der Waals surface area (Å²) in [4.78, 5) is 21.2. The van der Waals surface area contributed by atoms with Crippen molar-refractivity contribution in [3.8, 4) is 0 Å². The smallest absolute Gasteiger partial charge is 0.433 e. The molecule has 8 nitrogen and oxygen atoms in total. The van der Waals surface area contributed by atoms with Crippen molar-refractivity contribution < 1.29 is 18.6 Å². The Bertz CT molecular complexity index is 640. The van der Waals surface area contributed by atoms with Gasteiger partial charge in [0.25, 0.3) is 0 Å². The summed E-state index contributed by atoms with van der Waals surface area (Å²) in [5.74, 6) is -0.0293. The van der Waals surface area contributed by atoms with Crippen LogP contribution >= 0.6 is 0 Å². The second-order valence-corrected chi connectivity index (χ2v) is 3.54. The van der Waals surface area contributed by atoms with Crippen molar-refractivity contribution in [2.75, 3.05) is 0 Å². The predicted molar refractivity (Wildman–Crippen MR) is 63.9 cm³/mol. The number of hydrazone groups is 1. The van der Waals surface area contributed by atoms with E-state index in [-0.39, 0.29) is 11.5 Å². The summed E-state index contributed by atoms with van der Waals surface area (Å²) in [7, 11) is 0. The fourth-order valence-corrected chi connectivity index (χ4v) is 1.28. The van der Waals surface area contributed by atoms with Gasteiger partial charge < -0.3 is 8.83 Å². The minimum atomic E-state index is -0.665. The molecule has 0 aliphatic carbocycles. The van der Waals surface area contributed by atoms with Crippen LogP contribution in [0.2, 0.25) is 0 Å². The second kappa shape index (κ2) is 5.17. The average Bonchev–Trinajstić information content (AvgIpc) is 2.98. The van der Waals surface area contributed by atoms with Gasteiger partial charge in [-0.05, 0) is 25.1 Å². The molecule has 2 heterocycles. The molecule has 0 bridgehead atoms. The Morgan fingerprint density at radius 2 is 2.16 bits per heavy atom. The van der Waals surface area contributed by atoms with Crippen molar-refractivity contribution in [1.29, 1.82) is 0 Å². The Kier molecular flexibility index (Phi) is 3.42. The Hall–Kier alpha value is -2.90. The highest BCUT2D eigenvalue weighted by Crippen LogP contribution is 2.13. The summed E-state index contributed by atoms with van der Waals surface area (Å²) in [6, 6.07) is 5.72. The summed E-state index contributed by atoms with van der Waals surface area (Å²) in [6.45, 7) is 1.71. The van der Waals surface area contributed by atoms with Crippen LogP contribution in [0.25, 0.3) is 0 Å². The maximum Gasteiger partial charge on any atom is 0.433 e. The lowest BCUT2D eigenvalue weighted by molar-refractivity contribution is -0.402. The SMILES string of the molecule is Cc1ccc(C(=O)N/N=C\c2ccc([N+](=O)[O-])o2)o1. The molecule has 2 aromatic rings. The van der Waals surface area contributed by atoms with Crippen molar-refractivity contribution in [2.45, 2.75) is 6.92 Å². The zero-order valence-electron chi connectivity index (χ0n) is 9.82. The lowest BCUT2D eigenvalue weighted by atomic mass is 10.4. The number of hydrogen-bond acceptors (Lipinski definition) is 6. The molecule has 19 heavy (non-hydrogen) atoms. The molecule has 2 rings (SSSR count). The first-order valence-electron chi connectivity index (χ1n) is 5.20. The van der Waals surface area contributed by atoms with Gasteiger partial charge in [-0.2, -0.15) is 5.10 Å². The van der Waals surface area contributed by atoms with Gasteiger partial charge in [0.15, 0.2) is 11.5 Å². The van der Waals surface area contributed by atoms with Gasteiger partial charge in [-0.25, -0.2) is 5.43 Å². The maximum atomic E-state index is 11.5. The van der Waals surface area contributed by atoms with E-state index in [0.29, 0.717) is 5.76 Å². The number of nitrogens with one attached hydrogen (secondary N) is 1. The molecule has 0 spiro atoms. The second-order valence-electron chi connectivity index (χ2n) is 3.54. The monoisotopic (exact) mass is 263 g/mol. The Balaban J connectivity index is 1.96. The van der Waals surface area contributed by atoms with E-state index in [1.165, 1.54) is 18.2 Å². The van der Waals surface area contributed by atoms with Gasteiger partial charge in [0.1, 0.15) is 10.7 Å². The van der Waals surface area contributed by atoms with Gasteiger partial charge in [-0.15, -0.1) is 0 Å². The van der Waals surface area contributed by atoms with Crippen molar-refractivity contribution in [2.24, 2.45) is 5.10 Å². The van der Waals surface area contributed by atoms with E-state index < -0.39 is 16.7 Å². The summed E-state index contributed by atoms with van der Waals surface area (Å²) in [5, 5.41) is 14.0. The molecule has 1 amide bonds. The van der Waals surface area contributed by atoms with Crippen LogP contribution in [0, 0.1) is 17.0 Å². The van der Waals surface area contributed by atoms with Crippen LogP contribution in [0.5, 0.6) is 0 Å². The molecule has 0 aliphatic heterocycles. The Labute approximate surface area is 106 Å². The molecule has 0 unspecified atom stereocenters. The van der Waals surface area contributed by atoms with Crippen LogP contribution in [0.3, 0.4) is 0 Å². The zero-order valence-corrected chi connectivity index (χ0v) is 9.82. The fourth-order valence-electron chi connectivity index (χ4n) is 1.28. The minimum Gasteiger partial charge on any atom is -0.456 e. The largest absolute Gasteiger partial charge is 0.456 e. The number of amides is 1. The molecular formula is C11H9N3O5. The highest BCUT2D eigenvalue weighted by molar-refractivity contribution is 5.92. The van der Waals surface area contributed by atoms with E-state index in [2.05, 4.69) is 10.5 Å². The van der Waals surface area contributed by atoms with E-state index in [0.717, 1.165) is 6.21 Å². The number of rotatable bonds is 4. The molecule has 0 saturated carbocycles. The van der Waals surface area contributed by atoms with Gasteiger partial charge in [0.2, 0.25) is 0 Å². The molecular weight excluding hydrogens is 254 g/mol. The number of hydrogen-bond donors (Lipinski definition) is 1. The molecule has 0 aromatic carbocycles. The fraction of sp³-hybridized carbons (Fsp3) is 0.0909. The molecule has 0 atom stereocenters. The van der Waals surface area contributed by atoms with Crippen LogP contribution in [0.15, 0.2) is 38.2 Å². The summed E-state index contributed by atoms with van der Waals surface area (Å²) < 4.78 is 9.90. The molecule has 0 saturated heterocycles. The third-order valence-corrected chi connectivity index (χ3v) is 2.11. The van der Waals surface area contributed by atoms with E-state index in [1.807, 2.05) is 0 Å². The van der Waals surface area contributed by atoms with Crippen molar-refractivity contribution >= 4 is 18.0 Å². The number of nitrogens with zero attached hydrogens (tertiary/aromatic N) is 2. The molecule has 1 N–H and O–H groups in total. The quantitative estimate of drug-likeness (QED) is 0.514. The molecule has 0 radical (unpaired) electrons. The number of carbonyl (C=O) groups is 1. The van der Waals surface area contributed by atoms with Gasteiger partial charge >= 0.3 is 11.8 Å². The Morgan fingerprint density at radius 3 is 2.74 bits per heavy atom. The number of aryl methyl sites for hydroxylation is 1. The molecule has 8 heteroatoms. The van der Waals surface area contributed by atoms with Gasteiger partial charge in [-0.3, -0.25) is 14.9 Å². The highest BCUT2D eigenvalue weighted by Gasteiger charge is 2.11. The first-order valence-corrected chi connectivity index (χ1v) is 5.20. The first kappa shape index (κ1) is 12.6. The number of nitro groups is 1. The van der Waals surface area contributed by atoms with E-state index >= 15 is 0 Å². The number of furan rings is 2. The third kappa shape index (κ3) is 3.06.